The predicted octanol–water partition coefficient (Wildman–Crippen LogP) is 3.60. The van der Waals surface area contributed by atoms with Gasteiger partial charge in [-0.3, -0.25) is 4.90 Å². The van der Waals surface area contributed by atoms with Crippen LogP contribution in [0.2, 0.25) is 0 Å². The summed E-state index contributed by atoms with van der Waals surface area (Å²) in [4.78, 5) is 18.4. The highest BCUT2D eigenvalue weighted by Gasteiger charge is 2.40. The van der Waals surface area contributed by atoms with Crippen molar-refractivity contribution in [3.63, 3.8) is 0 Å². The van der Waals surface area contributed by atoms with Crippen LogP contribution in [0.5, 0.6) is 0 Å². The summed E-state index contributed by atoms with van der Waals surface area (Å²) < 4.78 is 0. The minimum atomic E-state index is 0.122. The number of anilines is 1. The Morgan fingerprint density at radius 1 is 1.06 bits per heavy atom. The van der Waals surface area contributed by atoms with Crippen LogP contribution >= 0.6 is 11.3 Å². The molecule has 170 valence electrons. The van der Waals surface area contributed by atoms with Crippen molar-refractivity contribution in [3.8, 4) is 0 Å². The van der Waals surface area contributed by atoms with Crippen LogP contribution < -0.4 is 10.2 Å². The second-order valence-electron chi connectivity index (χ2n) is 10.6. The van der Waals surface area contributed by atoms with Gasteiger partial charge < -0.3 is 15.1 Å². The molecule has 31 heavy (non-hydrogen) atoms. The van der Waals surface area contributed by atoms with Crippen molar-refractivity contribution < 1.29 is 0 Å². The Hall–Kier alpha value is -1.54. The molecule has 0 aromatic carbocycles. The Morgan fingerprint density at radius 3 is 2.42 bits per heavy atom. The molecule has 0 spiro atoms. The Kier molecular flexibility index (Phi) is 6.68. The lowest BCUT2D eigenvalue weighted by Crippen LogP contribution is -2.62. The number of nitrogens with one attached hydrogen (secondary N) is 1. The number of nitrogens with zero attached hydrogens (tertiary/aromatic N) is 5. The number of hydrogen-bond donors (Lipinski definition) is 1. The Morgan fingerprint density at radius 2 is 1.77 bits per heavy atom. The summed E-state index contributed by atoms with van der Waals surface area (Å²) in [5.74, 6) is 0.882. The molecule has 2 aromatic heterocycles. The molecule has 7 heteroatoms. The summed E-state index contributed by atoms with van der Waals surface area (Å²) in [7, 11) is 2.18. The molecule has 4 rings (SSSR count). The number of piperazine rings is 1. The van der Waals surface area contributed by atoms with Crippen molar-refractivity contribution in [3.05, 3.63) is 40.3 Å². The fourth-order valence-electron chi connectivity index (χ4n) is 5.28. The van der Waals surface area contributed by atoms with Crippen molar-refractivity contribution in [2.45, 2.75) is 70.7 Å². The first kappa shape index (κ1) is 22.6. The number of aromatic nitrogens is 2. The second kappa shape index (κ2) is 9.14. The number of rotatable bonds is 6. The van der Waals surface area contributed by atoms with Crippen LogP contribution in [0.15, 0.2) is 29.8 Å². The SMILES string of the molecule is CN1CCN(c2nccc(CN(Cc3cccs3)C3CC(C)(C)NC(C)(C)C3)n2)CC1. The maximum absolute atomic E-state index is 5.00. The number of hydrogen-bond acceptors (Lipinski definition) is 7. The van der Waals surface area contributed by atoms with Gasteiger partial charge in [0.25, 0.3) is 0 Å². The zero-order valence-corrected chi connectivity index (χ0v) is 20.6. The fraction of sp³-hybridized carbons (Fsp3) is 0.667. The lowest BCUT2D eigenvalue weighted by atomic mass is 9.79. The van der Waals surface area contributed by atoms with E-state index in [4.69, 9.17) is 4.98 Å². The van der Waals surface area contributed by atoms with Gasteiger partial charge >= 0.3 is 0 Å². The Bertz CT molecular complexity index is 826. The smallest absolute Gasteiger partial charge is 0.225 e. The average Bonchev–Trinajstić information content (AvgIpc) is 3.19. The van der Waals surface area contributed by atoms with E-state index in [0.29, 0.717) is 6.04 Å². The van der Waals surface area contributed by atoms with Crippen LogP contribution in [0.4, 0.5) is 5.95 Å². The monoisotopic (exact) mass is 442 g/mol. The topological polar surface area (TPSA) is 47.5 Å². The lowest BCUT2D eigenvalue weighted by molar-refractivity contribution is 0.0562. The summed E-state index contributed by atoms with van der Waals surface area (Å²) in [5.41, 5.74) is 1.36. The predicted molar refractivity (Wildman–Crippen MR) is 130 cm³/mol. The van der Waals surface area contributed by atoms with Gasteiger partial charge in [0.2, 0.25) is 5.95 Å². The van der Waals surface area contributed by atoms with Crippen molar-refractivity contribution >= 4 is 17.3 Å². The van der Waals surface area contributed by atoms with E-state index in [9.17, 15) is 0 Å². The van der Waals surface area contributed by atoms with Crippen molar-refractivity contribution in [2.24, 2.45) is 0 Å². The minimum Gasteiger partial charge on any atom is -0.338 e. The van der Waals surface area contributed by atoms with Crippen molar-refractivity contribution in [1.29, 1.82) is 0 Å². The molecule has 2 saturated heterocycles. The molecule has 0 unspecified atom stereocenters. The van der Waals surface area contributed by atoms with E-state index in [-0.39, 0.29) is 11.1 Å². The molecular formula is C24H38N6S. The minimum absolute atomic E-state index is 0.122. The van der Waals surface area contributed by atoms with Gasteiger partial charge in [-0.1, -0.05) is 6.07 Å². The lowest BCUT2D eigenvalue weighted by Gasteiger charge is -2.49. The van der Waals surface area contributed by atoms with E-state index in [1.54, 1.807) is 0 Å². The van der Waals surface area contributed by atoms with Gasteiger partial charge in [-0.05, 0) is 65.1 Å². The molecule has 2 aliphatic heterocycles. The molecule has 6 nitrogen and oxygen atoms in total. The first-order valence-electron chi connectivity index (χ1n) is 11.5. The third-order valence-electron chi connectivity index (χ3n) is 6.48. The van der Waals surface area contributed by atoms with Gasteiger partial charge in [-0.15, -0.1) is 11.3 Å². The average molecular weight is 443 g/mol. The summed E-state index contributed by atoms with van der Waals surface area (Å²) in [6.07, 6.45) is 4.21. The molecule has 0 amide bonds. The second-order valence-corrected chi connectivity index (χ2v) is 11.6. The molecule has 1 N–H and O–H groups in total. The van der Waals surface area contributed by atoms with Crippen LogP contribution in [0, 0.1) is 0 Å². The Balaban J connectivity index is 1.54. The molecule has 2 aromatic rings. The van der Waals surface area contributed by atoms with Crippen molar-refractivity contribution in [2.75, 3.05) is 38.1 Å². The third kappa shape index (κ3) is 6.04. The summed E-state index contributed by atoms with van der Waals surface area (Å²) in [5, 5.41) is 6.02. The first-order valence-corrected chi connectivity index (χ1v) is 12.4. The van der Waals surface area contributed by atoms with Gasteiger partial charge in [0.1, 0.15) is 0 Å². The van der Waals surface area contributed by atoms with Crippen LogP contribution in [0.3, 0.4) is 0 Å². The van der Waals surface area contributed by atoms with E-state index in [0.717, 1.165) is 63.8 Å². The molecule has 0 saturated carbocycles. The zero-order chi connectivity index (χ0) is 22.1. The quantitative estimate of drug-likeness (QED) is 0.738. The molecule has 0 bridgehead atoms. The molecule has 0 atom stereocenters. The molecule has 2 fully saturated rings. The maximum Gasteiger partial charge on any atom is 0.225 e. The van der Waals surface area contributed by atoms with Crippen LogP contribution in [0.1, 0.15) is 51.1 Å². The summed E-state index contributed by atoms with van der Waals surface area (Å²) >= 11 is 1.85. The molecular weight excluding hydrogens is 404 g/mol. The highest BCUT2D eigenvalue weighted by atomic mass is 32.1. The van der Waals surface area contributed by atoms with E-state index >= 15 is 0 Å². The van der Waals surface area contributed by atoms with Crippen LogP contribution in [-0.2, 0) is 13.1 Å². The largest absolute Gasteiger partial charge is 0.338 e. The van der Waals surface area contributed by atoms with Crippen molar-refractivity contribution in [1.82, 2.24) is 25.1 Å². The van der Waals surface area contributed by atoms with Crippen LogP contribution in [0.25, 0.3) is 0 Å². The highest BCUT2D eigenvalue weighted by molar-refractivity contribution is 7.09. The number of thiophene rings is 1. The van der Waals surface area contributed by atoms with Gasteiger partial charge in [-0.2, -0.15) is 0 Å². The highest BCUT2D eigenvalue weighted by Crippen LogP contribution is 2.33. The molecule has 2 aliphatic rings. The van der Waals surface area contributed by atoms with Crippen LogP contribution in [-0.4, -0.2) is 70.1 Å². The Labute approximate surface area is 191 Å². The maximum atomic E-state index is 5.00. The third-order valence-corrected chi connectivity index (χ3v) is 7.34. The summed E-state index contributed by atoms with van der Waals surface area (Å²) in [6.45, 7) is 15.3. The molecule has 4 heterocycles. The molecule has 0 aliphatic carbocycles. The van der Waals surface area contributed by atoms with Gasteiger partial charge in [-0.25, -0.2) is 9.97 Å². The first-order chi connectivity index (χ1) is 14.7. The fourth-order valence-corrected chi connectivity index (χ4v) is 6.01. The van der Waals surface area contributed by atoms with E-state index < -0.39 is 0 Å². The standard InChI is InChI=1S/C24H38N6S/c1-23(2)15-20(16-24(3,4)27-23)30(18-21-7-6-14-31-21)17-19-8-9-25-22(26-19)29-12-10-28(5)11-13-29/h6-9,14,20,27H,10-13,15-18H2,1-5H3. The van der Waals surface area contributed by atoms with Gasteiger partial charge in [0.05, 0.1) is 5.69 Å². The number of likely N-dealkylation sites (N-methyl/N-ethyl adjacent to an activating group) is 1. The van der Waals surface area contributed by atoms with E-state index in [1.165, 1.54) is 4.88 Å². The van der Waals surface area contributed by atoms with E-state index in [1.807, 2.05) is 17.5 Å². The zero-order valence-electron chi connectivity index (χ0n) is 19.8. The number of piperidine rings is 1. The summed E-state index contributed by atoms with van der Waals surface area (Å²) in [6, 6.07) is 7.02. The van der Waals surface area contributed by atoms with E-state index in [2.05, 4.69) is 83.3 Å². The molecule has 0 radical (unpaired) electrons. The van der Waals surface area contributed by atoms with Gasteiger partial charge in [0, 0.05) is 67.5 Å². The normalized spacial score (nSPS) is 22.2. The van der Waals surface area contributed by atoms with Gasteiger partial charge in [0.15, 0.2) is 0 Å².